The number of aromatic nitrogens is 4. The maximum absolute atomic E-state index is 6.69. The van der Waals surface area contributed by atoms with E-state index in [1.165, 1.54) is 11.1 Å². The van der Waals surface area contributed by atoms with E-state index in [1.54, 1.807) is 0 Å². The lowest BCUT2D eigenvalue weighted by atomic mass is 9.66. The van der Waals surface area contributed by atoms with Crippen LogP contribution in [0, 0.1) is 6.92 Å². The molecule has 268 valence electrons. The molecule has 11 rings (SSSR count). The lowest BCUT2D eigenvalue weighted by Gasteiger charge is -2.39. The van der Waals surface area contributed by atoms with Gasteiger partial charge in [-0.15, -0.1) is 0 Å². The van der Waals surface area contributed by atoms with Crippen molar-refractivity contribution in [2.75, 3.05) is 0 Å². The topological polar surface area (TPSA) is 60.8 Å². The summed E-state index contributed by atoms with van der Waals surface area (Å²) in [5.74, 6) is 3.58. The van der Waals surface area contributed by atoms with Gasteiger partial charge in [-0.25, -0.2) is 15.0 Å². The summed E-state index contributed by atoms with van der Waals surface area (Å²) in [4.78, 5) is 19.9. The van der Waals surface area contributed by atoms with Gasteiger partial charge in [-0.3, -0.25) is 4.98 Å². The van der Waals surface area contributed by atoms with Gasteiger partial charge in [-0.1, -0.05) is 146 Å². The first kappa shape index (κ1) is 32.9. The molecule has 0 fully saturated rings. The Morgan fingerprint density at radius 2 is 0.912 bits per heavy atom. The first-order valence-corrected chi connectivity index (χ1v) is 19.2. The van der Waals surface area contributed by atoms with Crippen LogP contribution in [0.15, 0.2) is 188 Å². The molecule has 3 heterocycles. The largest absolute Gasteiger partial charge is 0.457 e. The molecule has 0 radical (unpaired) electrons. The van der Waals surface area contributed by atoms with Crippen LogP contribution in [-0.2, 0) is 5.41 Å². The molecule has 2 aliphatic rings. The quantitative estimate of drug-likeness (QED) is 0.176. The maximum Gasteiger partial charge on any atom is 0.164 e. The summed E-state index contributed by atoms with van der Waals surface area (Å²) in [6.07, 6.45) is 1.88. The summed E-state index contributed by atoms with van der Waals surface area (Å²) in [5.41, 5.74) is 14.5. The summed E-state index contributed by atoms with van der Waals surface area (Å²) in [6.45, 7) is 2.03. The molecule has 0 saturated carbocycles. The van der Waals surface area contributed by atoms with E-state index in [-0.39, 0.29) is 0 Å². The van der Waals surface area contributed by atoms with Gasteiger partial charge in [0.25, 0.3) is 0 Å². The number of rotatable bonds is 5. The highest BCUT2D eigenvalue weighted by Gasteiger charge is 2.52. The molecule has 0 amide bonds. The molecule has 7 aromatic carbocycles. The average molecular weight is 731 g/mol. The maximum atomic E-state index is 6.69. The molecule has 9 aromatic rings. The Balaban J connectivity index is 1.20. The van der Waals surface area contributed by atoms with Crippen LogP contribution >= 0.6 is 0 Å². The van der Waals surface area contributed by atoms with Crippen molar-refractivity contribution in [3.8, 4) is 79.0 Å². The Morgan fingerprint density at radius 3 is 1.56 bits per heavy atom. The molecule has 1 spiro atoms. The summed E-state index contributed by atoms with van der Waals surface area (Å²) >= 11 is 0. The van der Waals surface area contributed by atoms with Crippen LogP contribution in [-0.4, -0.2) is 19.9 Å². The zero-order chi connectivity index (χ0) is 37.9. The molecule has 1 aliphatic heterocycles. The minimum absolute atomic E-state index is 0.626. The molecule has 0 N–H and O–H groups in total. The summed E-state index contributed by atoms with van der Waals surface area (Å²) in [7, 11) is 0. The van der Waals surface area contributed by atoms with Crippen LogP contribution in [0.25, 0.3) is 67.5 Å². The number of nitrogens with zero attached hydrogens (tertiary/aromatic N) is 4. The SMILES string of the molecule is Cc1cc(-c2cccc(-c3ccc4c(c3)C3(c5ccccc5Oc5ccccc53)c3cccc(-c5nc(-c6ccccc6)nc(-c6ccccc6)n5)c3-4)c2)ccn1. The van der Waals surface area contributed by atoms with E-state index in [0.29, 0.717) is 17.5 Å². The third-order valence-electron chi connectivity index (χ3n) is 11.3. The van der Waals surface area contributed by atoms with Crippen molar-refractivity contribution in [3.05, 3.63) is 216 Å². The van der Waals surface area contributed by atoms with Crippen LogP contribution in [0.2, 0.25) is 0 Å². The highest BCUT2D eigenvalue weighted by Crippen LogP contribution is 2.63. The van der Waals surface area contributed by atoms with Crippen LogP contribution in [0.5, 0.6) is 11.5 Å². The van der Waals surface area contributed by atoms with Crippen molar-refractivity contribution < 1.29 is 4.74 Å². The van der Waals surface area contributed by atoms with E-state index in [2.05, 4.69) is 151 Å². The standard InChI is InChI=1S/C52H34N4O/c1-33-30-39(28-29-53-33)37-19-12-18-36(31-37)38-26-27-40-45(32-38)52(42-21-8-10-24-46(42)57-47-25-11-9-22-43(47)52)44-23-13-20-41(48(40)44)51-55-49(34-14-4-2-5-15-34)54-50(56-51)35-16-6-3-7-17-35/h2-32H,1H3. The van der Waals surface area contributed by atoms with Gasteiger partial charge in [0.15, 0.2) is 17.5 Å². The fourth-order valence-electron chi connectivity index (χ4n) is 8.85. The third kappa shape index (κ3) is 5.24. The van der Waals surface area contributed by atoms with Crippen LogP contribution < -0.4 is 4.74 Å². The van der Waals surface area contributed by atoms with E-state index >= 15 is 0 Å². The number of aryl methyl sites for hydroxylation is 1. The predicted octanol–water partition coefficient (Wildman–Crippen LogP) is 12.4. The molecule has 5 nitrogen and oxygen atoms in total. The fourth-order valence-corrected chi connectivity index (χ4v) is 8.85. The summed E-state index contributed by atoms with van der Waals surface area (Å²) in [6, 6.07) is 63.8. The second-order valence-electron chi connectivity index (χ2n) is 14.6. The van der Waals surface area contributed by atoms with Crippen molar-refractivity contribution >= 4 is 0 Å². The van der Waals surface area contributed by atoms with E-state index in [0.717, 1.165) is 78.4 Å². The van der Waals surface area contributed by atoms with Crippen LogP contribution in [0.4, 0.5) is 0 Å². The Kier molecular flexibility index (Phi) is 7.54. The van der Waals surface area contributed by atoms with Crippen molar-refractivity contribution in [3.63, 3.8) is 0 Å². The number of para-hydroxylation sites is 2. The predicted molar refractivity (Wildman–Crippen MR) is 227 cm³/mol. The number of ether oxygens (including phenoxy) is 1. The lowest BCUT2D eigenvalue weighted by Crippen LogP contribution is -2.32. The van der Waals surface area contributed by atoms with Crippen LogP contribution in [0.3, 0.4) is 0 Å². The van der Waals surface area contributed by atoms with Gasteiger partial charge in [0.05, 0.1) is 5.41 Å². The van der Waals surface area contributed by atoms with Crippen molar-refractivity contribution in [2.45, 2.75) is 12.3 Å². The van der Waals surface area contributed by atoms with E-state index < -0.39 is 5.41 Å². The van der Waals surface area contributed by atoms with Crippen molar-refractivity contribution in [1.29, 1.82) is 0 Å². The molecular weight excluding hydrogens is 697 g/mol. The number of hydrogen-bond acceptors (Lipinski definition) is 5. The smallest absolute Gasteiger partial charge is 0.164 e. The summed E-state index contributed by atoms with van der Waals surface area (Å²) < 4.78 is 6.69. The molecule has 0 saturated heterocycles. The van der Waals surface area contributed by atoms with E-state index in [4.69, 9.17) is 19.7 Å². The van der Waals surface area contributed by atoms with Gasteiger partial charge < -0.3 is 4.74 Å². The third-order valence-corrected chi connectivity index (χ3v) is 11.3. The van der Waals surface area contributed by atoms with E-state index in [1.807, 2.05) is 49.5 Å². The Labute approximate surface area is 331 Å². The monoisotopic (exact) mass is 730 g/mol. The molecule has 0 unspecified atom stereocenters. The molecule has 0 bridgehead atoms. The number of pyridine rings is 1. The molecule has 5 heteroatoms. The minimum atomic E-state index is -0.681. The van der Waals surface area contributed by atoms with Crippen LogP contribution in [0.1, 0.15) is 27.9 Å². The Bertz CT molecular complexity index is 2910. The minimum Gasteiger partial charge on any atom is -0.457 e. The highest BCUT2D eigenvalue weighted by atomic mass is 16.5. The van der Waals surface area contributed by atoms with Gasteiger partial charge >= 0.3 is 0 Å². The Hall–Kier alpha value is -7.50. The number of benzene rings is 7. The normalized spacial score (nSPS) is 12.9. The molecule has 0 atom stereocenters. The highest BCUT2D eigenvalue weighted by molar-refractivity contribution is 5.97. The second-order valence-corrected chi connectivity index (χ2v) is 14.6. The van der Waals surface area contributed by atoms with Crippen molar-refractivity contribution in [1.82, 2.24) is 19.9 Å². The van der Waals surface area contributed by atoms with E-state index in [9.17, 15) is 0 Å². The zero-order valence-electron chi connectivity index (χ0n) is 31.1. The van der Waals surface area contributed by atoms with Gasteiger partial charge in [0.2, 0.25) is 0 Å². The lowest BCUT2D eigenvalue weighted by molar-refractivity contribution is 0.436. The van der Waals surface area contributed by atoms with Gasteiger partial charge in [0, 0.05) is 39.7 Å². The fraction of sp³-hybridized carbons (Fsp3) is 0.0385. The Morgan fingerprint density at radius 1 is 0.386 bits per heavy atom. The molecular formula is C52H34N4O. The van der Waals surface area contributed by atoms with Gasteiger partial charge in [0.1, 0.15) is 11.5 Å². The number of fused-ring (bicyclic) bond motifs is 9. The first-order valence-electron chi connectivity index (χ1n) is 19.2. The second kappa shape index (κ2) is 13.1. The van der Waals surface area contributed by atoms with Gasteiger partial charge in [-0.2, -0.15) is 0 Å². The summed E-state index contributed by atoms with van der Waals surface area (Å²) in [5, 5.41) is 0. The molecule has 2 aromatic heterocycles. The van der Waals surface area contributed by atoms with Gasteiger partial charge in [-0.05, 0) is 87.8 Å². The number of hydrogen-bond donors (Lipinski definition) is 0. The molecule has 1 aliphatic carbocycles. The molecule has 57 heavy (non-hydrogen) atoms. The van der Waals surface area contributed by atoms with Crippen molar-refractivity contribution in [2.24, 2.45) is 0 Å². The zero-order valence-corrected chi connectivity index (χ0v) is 31.1. The average Bonchev–Trinajstić information content (AvgIpc) is 3.57. The first-order chi connectivity index (χ1) is 28.1.